The molecule has 1 amide bonds. The largest absolute Gasteiger partial charge is 0.472 e. The summed E-state index contributed by atoms with van der Waals surface area (Å²) in [6.07, 6.45) is 82.5. The molecular formula is C77H154N2O7P+. The minimum atomic E-state index is -4.45. The molecule has 2 N–H and O–H groups in total. The third-order valence-electron chi connectivity index (χ3n) is 18.2. The Balaban J connectivity index is 4.93. The molecule has 0 saturated carbocycles. The first-order chi connectivity index (χ1) is 42.4. The molecule has 0 fully saturated rings. The number of allylic oxidation sites excluding steroid dienone is 1. The number of nitrogens with one attached hydrogen (secondary N) is 1. The molecule has 10 heteroatoms. The van der Waals surface area contributed by atoms with Crippen LogP contribution in [0.3, 0.4) is 0 Å². The Hall–Kier alpha value is -1.25. The molecule has 0 radical (unpaired) electrons. The standard InChI is InChI=1S/C77H153N2O7P/c1-7-10-13-16-19-22-25-28-30-32-34-36-37-38-39-40-41-43-45-47-49-52-55-58-61-64-67-70-77(81)86-75(68-65-62-59-56-53-50-27-24-21-18-15-12-9-3)74(73-85-87(82,83)84-72-71-79(4,5)6)78-76(80)69-66-63-60-57-54-51-48-46-44-42-35-33-31-29-26-23-20-17-14-11-8-2/h65,68,74-75H,7-64,66-67,69-73H2,1-6H3,(H-,78,80,82,83)/p+1/b68-65-. The first-order valence-electron chi connectivity index (χ1n) is 39.0. The zero-order valence-corrected chi connectivity index (χ0v) is 60.5. The maximum Gasteiger partial charge on any atom is 0.472 e. The van der Waals surface area contributed by atoms with Crippen LogP contribution in [0.4, 0.5) is 0 Å². The van der Waals surface area contributed by atoms with Gasteiger partial charge in [-0.2, -0.15) is 0 Å². The average molecular weight is 1250 g/mol. The fourth-order valence-corrected chi connectivity index (χ4v) is 13.0. The van der Waals surface area contributed by atoms with Crippen molar-refractivity contribution in [2.45, 2.75) is 431 Å². The van der Waals surface area contributed by atoms with Crippen LogP contribution in [-0.4, -0.2) is 74.3 Å². The summed E-state index contributed by atoms with van der Waals surface area (Å²) in [4.78, 5) is 38.0. The summed E-state index contributed by atoms with van der Waals surface area (Å²) in [5.41, 5.74) is 0. The van der Waals surface area contributed by atoms with Gasteiger partial charge >= 0.3 is 13.8 Å². The molecule has 87 heavy (non-hydrogen) atoms. The first-order valence-corrected chi connectivity index (χ1v) is 40.5. The molecular weight excluding hydrogens is 1100 g/mol. The highest BCUT2D eigenvalue weighted by Crippen LogP contribution is 2.43. The summed E-state index contributed by atoms with van der Waals surface area (Å²) in [7, 11) is 1.53. The van der Waals surface area contributed by atoms with Gasteiger partial charge in [0.1, 0.15) is 19.3 Å². The van der Waals surface area contributed by atoms with E-state index in [4.69, 9.17) is 13.8 Å². The highest BCUT2D eigenvalue weighted by atomic mass is 31.2. The van der Waals surface area contributed by atoms with E-state index in [1.165, 1.54) is 327 Å². The van der Waals surface area contributed by atoms with Gasteiger partial charge in [0.2, 0.25) is 5.91 Å². The van der Waals surface area contributed by atoms with Crippen LogP contribution in [0.1, 0.15) is 419 Å². The summed E-state index contributed by atoms with van der Waals surface area (Å²) in [5, 5.41) is 3.09. The van der Waals surface area contributed by atoms with Crippen molar-refractivity contribution in [1.82, 2.24) is 5.32 Å². The third-order valence-corrected chi connectivity index (χ3v) is 19.2. The second-order valence-corrected chi connectivity index (χ2v) is 29.7. The van der Waals surface area contributed by atoms with Gasteiger partial charge in [0, 0.05) is 12.8 Å². The molecule has 0 aliphatic heterocycles. The maximum absolute atomic E-state index is 13.6. The minimum absolute atomic E-state index is 0.0463. The van der Waals surface area contributed by atoms with E-state index in [-0.39, 0.29) is 25.1 Å². The van der Waals surface area contributed by atoms with Crippen LogP contribution in [0, 0.1) is 0 Å². The molecule has 0 aromatic rings. The number of ether oxygens (including phenoxy) is 1. The van der Waals surface area contributed by atoms with Crippen LogP contribution in [0.5, 0.6) is 0 Å². The Labute approximate surface area is 543 Å². The van der Waals surface area contributed by atoms with Crippen molar-refractivity contribution in [3.63, 3.8) is 0 Å². The Kier molecular flexibility index (Phi) is 66.7. The molecule has 0 aliphatic rings. The molecule has 0 aromatic heterocycles. The summed E-state index contributed by atoms with van der Waals surface area (Å²) < 4.78 is 30.9. The van der Waals surface area contributed by atoms with Crippen molar-refractivity contribution < 1.29 is 37.3 Å². The molecule has 0 bridgehead atoms. The molecule has 3 unspecified atom stereocenters. The maximum atomic E-state index is 13.6. The van der Waals surface area contributed by atoms with Crippen LogP contribution in [-0.2, 0) is 27.9 Å². The zero-order chi connectivity index (χ0) is 63.5. The van der Waals surface area contributed by atoms with E-state index in [1.54, 1.807) is 0 Å². The van der Waals surface area contributed by atoms with Gasteiger partial charge in [0.25, 0.3) is 0 Å². The number of likely N-dealkylation sites (N-methyl/N-ethyl adjacent to an activating group) is 1. The fourth-order valence-electron chi connectivity index (χ4n) is 12.2. The van der Waals surface area contributed by atoms with E-state index < -0.39 is 20.0 Å². The molecule has 3 atom stereocenters. The Morgan fingerprint density at radius 3 is 0.943 bits per heavy atom. The Morgan fingerprint density at radius 2 is 0.655 bits per heavy atom. The number of unbranched alkanes of at least 4 members (excludes halogenated alkanes) is 57. The van der Waals surface area contributed by atoms with Gasteiger partial charge in [-0.1, -0.05) is 386 Å². The molecule has 518 valence electrons. The van der Waals surface area contributed by atoms with Crippen LogP contribution < -0.4 is 5.32 Å². The highest BCUT2D eigenvalue weighted by Gasteiger charge is 2.30. The van der Waals surface area contributed by atoms with Crippen molar-refractivity contribution in [3.8, 4) is 0 Å². The number of esters is 1. The lowest BCUT2D eigenvalue weighted by atomic mass is 10.0. The second kappa shape index (κ2) is 67.6. The molecule has 0 heterocycles. The normalized spacial score (nSPS) is 13.4. The average Bonchev–Trinajstić information content (AvgIpc) is 3.70. The number of carbonyl (C=O) groups is 2. The highest BCUT2D eigenvalue weighted by molar-refractivity contribution is 7.47. The molecule has 0 saturated heterocycles. The molecule has 0 spiro atoms. The van der Waals surface area contributed by atoms with Crippen molar-refractivity contribution in [3.05, 3.63) is 12.2 Å². The van der Waals surface area contributed by atoms with Crippen molar-refractivity contribution in [1.29, 1.82) is 0 Å². The lowest BCUT2D eigenvalue weighted by molar-refractivity contribution is -0.870. The minimum Gasteiger partial charge on any atom is -0.456 e. The van der Waals surface area contributed by atoms with Crippen molar-refractivity contribution >= 4 is 19.7 Å². The van der Waals surface area contributed by atoms with Gasteiger partial charge in [-0.25, -0.2) is 4.57 Å². The number of amides is 1. The Morgan fingerprint density at radius 1 is 0.391 bits per heavy atom. The van der Waals surface area contributed by atoms with Crippen LogP contribution >= 0.6 is 7.82 Å². The number of carbonyl (C=O) groups excluding carboxylic acids is 2. The predicted octanol–water partition coefficient (Wildman–Crippen LogP) is 25.0. The number of hydrogen-bond donors (Lipinski definition) is 2. The summed E-state index contributed by atoms with van der Waals surface area (Å²) in [6, 6.07) is -0.841. The molecule has 0 aliphatic carbocycles. The van der Waals surface area contributed by atoms with E-state index in [9.17, 15) is 19.0 Å². The number of rotatable bonds is 73. The number of nitrogens with zero attached hydrogens (tertiary/aromatic N) is 1. The monoisotopic (exact) mass is 1250 g/mol. The number of phosphoric ester groups is 1. The van der Waals surface area contributed by atoms with E-state index in [2.05, 4.69) is 32.2 Å². The Bertz CT molecular complexity index is 1490. The van der Waals surface area contributed by atoms with E-state index in [0.717, 1.165) is 57.8 Å². The van der Waals surface area contributed by atoms with Gasteiger partial charge in [-0.05, 0) is 31.8 Å². The van der Waals surface area contributed by atoms with Crippen LogP contribution in [0.25, 0.3) is 0 Å². The van der Waals surface area contributed by atoms with Crippen molar-refractivity contribution in [2.24, 2.45) is 0 Å². The zero-order valence-electron chi connectivity index (χ0n) is 59.6. The lowest BCUT2D eigenvalue weighted by Crippen LogP contribution is -2.47. The predicted molar refractivity (Wildman–Crippen MR) is 379 cm³/mol. The number of phosphoric acid groups is 1. The van der Waals surface area contributed by atoms with Gasteiger partial charge in [0.15, 0.2) is 0 Å². The number of hydrogen-bond acceptors (Lipinski definition) is 6. The lowest BCUT2D eigenvalue weighted by Gasteiger charge is -2.27. The smallest absolute Gasteiger partial charge is 0.456 e. The van der Waals surface area contributed by atoms with Gasteiger partial charge in [-0.15, -0.1) is 0 Å². The number of quaternary nitrogens is 1. The molecule has 9 nitrogen and oxygen atoms in total. The molecule has 0 aromatic carbocycles. The van der Waals surface area contributed by atoms with Gasteiger partial charge in [0.05, 0.1) is 33.8 Å². The summed E-state index contributed by atoms with van der Waals surface area (Å²) in [6.45, 7) is 7.11. The third kappa shape index (κ3) is 68.9. The summed E-state index contributed by atoms with van der Waals surface area (Å²) in [5.74, 6) is -0.473. The fraction of sp³-hybridized carbons (Fsp3) is 0.948. The van der Waals surface area contributed by atoms with Gasteiger partial charge < -0.3 is 19.4 Å². The van der Waals surface area contributed by atoms with Crippen molar-refractivity contribution in [2.75, 3.05) is 40.9 Å². The summed E-state index contributed by atoms with van der Waals surface area (Å²) >= 11 is 0. The first kappa shape index (κ1) is 85.8. The topological polar surface area (TPSA) is 111 Å². The SMILES string of the molecule is CCCCCCCCCCCCC/C=C\C(OC(=O)CCCCCCCCCCCCCCCCCCCCCCCCCCCCC)C(COP(=O)(O)OCC[N+](C)(C)C)NC(=O)CCCCCCCCCCCCCCCCCCCCCCC. The van der Waals surface area contributed by atoms with Crippen LogP contribution in [0.2, 0.25) is 0 Å². The van der Waals surface area contributed by atoms with E-state index in [1.807, 2.05) is 27.2 Å². The van der Waals surface area contributed by atoms with E-state index >= 15 is 0 Å². The quantitative estimate of drug-likeness (QED) is 0.0205. The second-order valence-electron chi connectivity index (χ2n) is 28.3. The molecule has 0 rings (SSSR count). The van der Waals surface area contributed by atoms with E-state index in [0.29, 0.717) is 23.9 Å². The van der Waals surface area contributed by atoms with Gasteiger partial charge in [-0.3, -0.25) is 18.6 Å². The van der Waals surface area contributed by atoms with Crippen LogP contribution in [0.15, 0.2) is 12.2 Å².